The molecular weight excluding hydrogens is 280 g/mol. The van der Waals surface area contributed by atoms with Gasteiger partial charge in [-0.25, -0.2) is 5.43 Å². The van der Waals surface area contributed by atoms with E-state index >= 15 is 0 Å². The number of aromatic nitrogens is 2. The highest BCUT2D eigenvalue weighted by molar-refractivity contribution is 9.10. The lowest BCUT2D eigenvalue weighted by atomic mass is 10.0. The van der Waals surface area contributed by atoms with E-state index in [4.69, 9.17) is 5.84 Å². The zero-order valence-electron chi connectivity index (χ0n) is 9.81. The van der Waals surface area contributed by atoms with Gasteiger partial charge in [0.05, 0.1) is 12.2 Å². The highest BCUT2D eigenvalue weighted by Crippen LogP contribution is 2.25. The van der Waals surface area contributed by atoms with Crippen molar-refractivity contribution in [2.45, 2.75) is 13.0 Å². The van der Waals surface area contributed by atoms with Crippen LogP contribution in [-0.2, 0) is 7.05 Å². The first-order chi connectivity index (χ1) is 8.10. The minimum absolute atomic E-state index is 0.0418. The van der Waals surface area contributed by atoms with E-state index in [1.165, 1.54) is 5.56 Å². The highest BCUT2D eigenvalue weighted by atomic mass is 79.9. The Balaban J connectivity index is 2.41. The summed E-state index contributed by atoms with van der Waals surface area (Å²) in [5.74, 6) is 5.64. The summed E-state index contributed by atoms with van der Waals surface area (Å²) in [6.07, 6.45) is 3.78. The zero-order valence-corrected chi connectivity index (χ0v) is 11.4. The van der Waals surface area contributed by atoms with Crippen molar-refractivity contribution in [3.05, 3.63) is 51.8 Å². The van der Waals surface area contributed by atoms with E-state index in [1.54, 1.807) is 4.68 Å². The lowest BCUT2D eigenvalue weighted by Crippen LogP contribution is -2.28. The maximum absolute atomic E-state index is 5.64. The van der Waals surface area contributed by atoms with Gasteiger partial charge in [-0.15, -0.1) is 0 Å². The highest BCUT2D eigenvalue weighted by Gasteiger charge is 2.14. The molecule has 3 N–H and O–H groups in total. The number of halogens is 1. The van der Waals surface area contributed by atoms with Crippen molar-refractivity contribution in [2.75, 3.05) is 0 Å². The number of hydrogen-bond donors (Lipinski definition) is 2. The van der Waals surface area contributed by atoms with E-state index in [1.807, 2.05) is 19.4 Å². The Labute approximate surface area is 109 Å². The Hall–Kier alpha value is -1.17. The monoisotopic (exact) mass is 294 g/mol. The Kier molecular flexibility index (Phi) is 3.61. The van der Waals surface area contributed by atoms with Crippen molar-refractivity contribution in [2.24, 2.45) is 12.9 Å². The first-order valence-corrected chi connectivity index (χ1v) is 6.11. The Bertz CT molecular complexity index is 501. The third kappa shape index (κ3) is 2.74. The van der Waals surface area contributed by atoms with Gasteiger partial charge < -0.3 is 0 Å². The third-order valence-electron chi connectivity index (χ3n) is 2.62. The van der Waals surface area contributed by atoms with Crippen LogP contribution < -0.4 is 11.3 Å². The lowest BCUT2D eigenvalue weighted by molar-refractivity contribution is 0.635. The average molecular weight is 295 g/mol. The SMILES string of the molecule is Cc1cc(Br)cc(C(NN)c2cnn(C)c2)c1. The van der Waals surface area contributed by atoms with Gasteiger partial charge in [0.1, 0.15) is 0 Å². The smallest absolute Gasteiger partial charge is 0.0741 e. The molecule has 0 saturated heterocycles. The molecule has 0 saturated carbocycles. The summed E-state index contributed by atoms with van der Waals surface area (Å²) < 4.78 is 2.82. The van der Waals surface area contributed by atoms with Crippen molar-refractivity contribution in [1.82, 2.24) is 15.2 Å². The van der Waals surface area contributed by atoms with Crippen LogP contribution in [0.25, 0.3) is 0 Å². The first kappa shape index (κ1) is 12.3. The first-order valence-electron chi connectivity index (χ1n) is 5.32. The van der Waals surface area contributed by atoms with Gasteiger partial charge in [-0.05, 0) is 30.2 Å². The predicted molar refractivity (Wildman–Crippen MR) is 71.3 cm³/mol. The van der Waals surface area contributed by atoms with Gasteiger partial charge in [0, 0.05) is 23.3 Å². The molecule has 17 heavy (non-hydrogen) atoms. The molecule has 1 aromatic carbocycles. The largest absolute Gasteiger partial charge is 0.275 e. The molecule has 1 heterocycles. The molecule has 0 aliphatic rings. The van der Waals surface area contributed by atoms with Crippen molar-refractivity contribution in [1.29, 1.82) is 0 Å². The number of nitrogens with one attached hydrogen (secondary N) is 1. The van der Waals surface area contributed by atoms with Crippen molar-refractivity contribution < 1.29 is 0 Å². The second-order valence-electron chi connectivity index (χ2n) is 4.11. The Morgan fingerprint density at radius 2 is 2.12 bits per heavy atom. The van der Waals surface area contributed by atoms with Gasteiger partial charge >= 0.3 is 0 Å². The van der Waals surface area contributed by atoms with E-state index in [2.05, 4.69) is 51.6 Å². The molecule has 2 aromatic rings. The summed E-state index contributed by atoms with van der Waals surface area (Å²) in [7, 11) is 1.89. The fraction of sp³-hybridized carbons (Fsp3) is 0.250. The van der Waals surface area contributed by atoms with Crippen LogP contribution in [0.4, 0.5) is 0 Å². The van der Waals surface area contributed by atoms with Gasteiger partial charge in [-0.1, -0.05) is 22.0 Å². The molecule has 1 aromatic heterocycles. The summed E-state index contributed by atoms with van der Waals surface area (Å²) in [6, 6.07) is 6.20. The van der Waals surface area contributed by atoms with E-state index in [0.29, 0.717) is 0 Å². The van der Waals surface area contributed by atoms with Crippen LogP contribution in [0.2, 0.25) is 0 Å². The van der Waals surface area contributed by atoms with Crippen LogP contribution in [0, 0.1) is 6.92 Å². The number of aryl methyl sites for hydroxylation is 2. The summed E-state index contributed by atoms with van der Waals surface area (Å²) in [4.78, 5) is 0. The summed E-state index contributed by atoms with van der Waals surface area (Å²) in [5, 5.41) is 4.17. The van der Waals surface area contributed by atoms with Crippen LogP contribution in [0.1, 0.15) is 22.7 Å². The van der Waals surface area contributed by atoms with Crippen LogP contribution in [0.15, 0.2) is 35.1 Å². The van der Waals surface area contributed by atoms with E-state index in [-0.39, 0.29) is 6.04 Å². The van der Waals surface area contributed by atoms with Gasteiger partial charge in [-0.2, -0.15) is 5.10 Å². The number of rotatable bonds is 3. The summed E-state index contributed by atoms with van der Waals surface area (Å²) >= 11 is 3.50. The quantitative estimate of drug-likeness (QED) is 0.673. The molecule has 90 valence electrons. The molecule has 4 nitrogen and oxygen atoms in total. The molecule has 0 bridgehead atoms. The minimum Gasteiger partial charge on any atom is -0.275 e. The summed E-state index contributed by atoms with van der Waals surface area (Å²) in [6.45, 7) is 2.06. The van der Waals surface area contributed by atoms with Crippen molar-refractivity contribution in [3.63, 3.8) is 0 Å². The van der Waals surface area contributed by atoms with E-state index in [0.717, 1.165) is 15.6 Å². The van der Waals surface area contributed by atoms with Crippen molar-refractivity contribution >= 4 is 15.9 Å². The molecule has 2 rings (SSSR count). The van der Waals surface area contributed by atoms with Gasteiger partial charge in [-0.3, -0.25) is 10.5 Å². The predicted octanol–water partition coefficient (Wildman–Crippen LogP) is 2.04. The molecular formula is C12H15BrN4. The fourth-order valence-corrected chi connectivity index (χ4v) is 2.53. The standard InChI is InChI=1S/C12H15BrN4/c1-8-3-9(5-11(13)4-8)12(16-14)10-6-15-17(2)7-10/h3-7,12,16H,14H2,1-2H3. The molecule has 1 atom stereocenters. The van der Waals surface area contributed by atoms with Crippen LogP contribution in [0.3, 0.4) is 0 Å². The maximum Gasteiger partial charge on any atom is 0.0741 e. The normalized spacial score (nSPS) is 12.7. The van der Waals surface area contributed by atoms with Crippen molar-refractivity contribution in [3.8, 4) is 0 Å². The minimum atomic E-state index is -0.0418. The molecule has 0 fully saturated rings. The topological polar surface area (TPSA) is 55.9 Å². The Morgan fingerprint density at radius 3 is 2.65 bits per heavy atom. The number of benzene rings is 1. The second-order valence-corrected chi connectivity index (χ2v) is 5.02. The molecule has 0 aliphatic heterocycles. The molecule has 0 aliphatic carbocycles. The molecule has 0 spiro atoms. The fourth-order valence-electron chi connectivity index (χ4n) is 1.91. The molecule has 0 amide bonds. The average Bonchev–Trinajstić information content (AvgIpc) is 2.64. The number of hydrogen-bond acceptors (Lipinski definition) is 3. The zero-order chi connectivity index (χ0) is 12.4. The third-order valence-corrected chi connectivity index (χ3v) is 3.08. The number of hydrazine groups is 1. The van der Waals surface area contributed by atoms with Gasteiger partial charge in [0.15, 0.2) is 0 Å². The lowest BCUT2D eigenvalue weighted by Gasteiger charge is -2.15. The van der Waals surface area contributed by atoms with Gasteiger partial charge in [0.25, 0.3) is 0 Å². The Morgan fingerprint density at radius 1 is 1.35 bits per heavy atom. The molecule has 1 unspecified atom stereocenters. The van der Waals surface area contributed by atoms with Gasteiger partial charge in [0.2, 0.25) is 0 Å². The second kappa shape index (κ2) is 5.00. The maximum atomic E-state index is 5.64. The van der Waals surface area contributed by atoms with Crippen LogP contribution in [0.5, 0.6) is 0 Å². The molecule has 5 heteroatoms. The van der Waals surface area contributed by atoms with Crippen LogP contribution in [-0.4, -0.2) is 9.78 Å². The van der Waals surface area contributed by atoms with E-state index < -0.39 is 0 Å². The van der Waals surface area contributed by atoms with E-state index in [9.17, 15) is 0 Å². The summed E-state index contributed by atoms with van der Waals surface area (Å²) in [5.41, 5.74) is 6.19. The number of nitrogens with zero attached hydrogens (tertiary/aromatic N) is 2. The molecule has 0 radical (unpaired) electrons. The van der Waals surface area contributed by atoms with Crippen LogP contribution >= 0.6 is 15.9 Å². The number of nitrogens with two attached hydrogens (primary N) is 1.